The number of rotatable bonds is 3. The van der Waals surface area contributed by atoms with Crippen molar-refractivity contribution in [2.24, 2.45) is 5.73 Å². The van der Waals surface area contributed by atoms with Crippen LogP contribution in [0.15, 0.2) is 22.7 Å². The third-order valence-electron chi connectivity index (χ3n) is 3.34. The Morgan fingerprint density at radius 3 is 2.94 bits per heavy atom. The van der Waals surface area contributed by atoms with Gasteiger partial charge in [0.2, 0.25) is 0 Å². The van der Waals surface area contributed by atoms with Gasteiger partial charge in [-0.05, 0) is 53.0 Å². The van der Waals surface area contributed by atoms with Crippen molar-refractivity contribution in [1.29, 1.82) is 0 Å². The van der Waals surface area contributed by atoms with Crippen LogP contribution in [0.4, 0.5) is 0 Å². The van der Waals surface area contributed by atoms with E-state index in [9.17, 15) is 0 Å². The number of hydrogen-bond donors (Lipinski definition) is 1. The Hall–Kier alpha value is -0.0900. The summed E-state index contributed by atoms with van der Waals surface area (Å²) in [5.74, 6) is 0. The molecular formula is C13H18BrClN2. The van der Waals surface area contributed by atoms with Gasteiger partial charge in [-0.3, -0.25) is 4.90 Å². The molecule has 0 bridgehead atoms. The van der Waals surface area contributed by atoms with Gasteiger partial charge in [-0.25, -0.2) is 0 Å². The molecule has 1 aromatic carbocycles. The predicted octanol–water partition coefficient (Wildman–Crippen LogP) is 3.59. The fourth-order valence-corrected chi connectivity index (χ4v) is 3.01. The van der Waals surface area contributed by atoms with Crippen LogP contribution in [0.5, 0.6) is 0 Å². The fraction of sp³-hybridized carbons (Fsp3) is 0.538. The van der Waals surface area contributed by atoms with Gasteiger partial charge in [0.1, 0.15) is 0 Å². The number of likely N-dealkylation sites (tertiary alicyclic amines) is 1. The van der Waals surface area contributed by atoms with E-state index in [0.29, 0.717) is 6.04 Å². The Kier molecular flexibility index (Phi) is 4.47. The molecule has 0 amide bonds. The second kappa shape index (κ2) is 5.70. The summed E-state index contributed by atoms with van der Waals surface area (Å²) in [6, 6.07) is 6.70. The minimum absolute atomic E-state index is 0.221. The third kappa shape index (κ3) is 2.84. The molecule has 2 N–H and O–H groups in total. The molecule has 2 unspecified atom stereocenters. The van der Waals surface area contributed by atoms with E-state index >= 15 is 0 Å². The lowest BCUT2D eigenvalue weighted by atomic mass is 10.0. The van der Waals surface area contributed by atoms with Gasteiger partial charge in [-0.15, -0.1) is 0 Å². The van der Waals surface area contributed by atoms with Crippen molar-refractivity contribution in [1.82, 2.24) is 4.90 Å². The lowest BCUT2D eigenvalue weighted by Crippen LogP contribution is -2.32. The number of hydrogen-bond acceptors (Lipinski definition) is 2. The monoisotopic (exact) mass is 316 g/mol. The average molecular weight is 318 g/mol. The molecule has 4 heteroatoms. The SMILES string of the molecule is CCCN1CCC(N)C1c1ccc(Br)c(Cl)c1. The quantitative estimate of drug-likeness (QED) is 0.923. The standard InChI is InChI=1S/C13H18BrClN2/c1-2-6-17-7-5-12(16)13(17)9-3-4-10(14)11(15)8-9/h3-4,8,12-13H,2,5-7,16H2,1H3. The van der Waals surface area contributed by atoms with Crippen LogP contribution in [0.2, 0.25) is 5.02 Å². The van der Waals surface area contributed by atoms with Gasteiger partial charge in [0.05, 0.1) is 5.02 Å². The van der Waals surface area contributed by atoms with E-state index in [4.69, 9.17) is 17.3 Å². The number of nitrogens with two attached hydrogens (primary N) is 1. The highest BCUT2D eigenvalue weighted by molar-refractivity contribution is 9.10. The zero-order valence-electron chi connectivity index (χ0n) is 10.00. The highest BCUT2D eigenvalue weighted by Gasteiger charge is 2.32. The van der Waals surface area contributed by atoms with Gasteiger partial charge >= 0.3 is 0 Å². The summed E-state index contributed by atoms with van der Waals surface area (Å²) in [6.07, 6.45) is 2.23. The summed E-state index contributed by atoms with van der Waals surface area (Å²) in [5, 5.41) is 0.762. The normalized spacial score (nSPS) is 25.4. The van der Waals surface area contributed by atoms with Gasteiger partial charge in [0.25, 0.3) is 0 Å². The van der Waals surface area contributed by atoms with E-state index in [2.05, 4.69) is 33.8 Å². The van der Waals surface area contributed by atoms with Crippen LogP contribution in [-0.4, -0.2) is 24.0 Å². The molecule has 0 aromatic heterocycles. The molecule has 0 spiro atoms. The van der Waals surface area contributed by atoms with Crippen LogP contribution < -0.4 is 5.73 Å². The zero-order valence-corrected chi connectivity index (χ0v) is 12.3. The summed E-state index contributed by atoms with van der Waals surface area (Å²) in [5.41, 5.74) is 7.46. The molecule has 1 fully saturated rings. The van der Waals surface area contributed by atoms with Crippen LogP contribution in [0.1, 0.15) is 31.4 Å². The largest absolute Gasteiger partial charge is 0.326 e. The third-order valence-corrected chi connectivity index (χ3v) is 4.58. The first-order chi connectivity index (χ1) is 8.13. The molecule has 0 radical (unpaired) electrons. The Bertz CT molecular complexity index is 395. The van der Waals surface area contributed by atoms with Crippen molar-refractivity contribution in [3.05, 3.63) is 33.3 Å². The summed E-state index contributed by atoms with van der Waals surface area (Å²) in [6.45, 7) is 4.40. The van der Waals surface area contributed by atoms with Crippen molar-refractivity contribution in [2.75, 3.05) is 13.1 Å². The van der Waals surface area contributed by atoms with Crippen LogP contribution in [0.25, 0.3) is 0 Å². The van der Waals surface area contributed by atoms with Crippen LogP contribution >= 0.6 is 27.5 Å². The van der Waals surface area contributed by atoms with E-state index in [1.807, 2.05) is 12.1 Å². The van der Waals surface area contributed by atoms with Crippen LogP contribution in [-0.2, 0) is 0 Å². The maximum Gasteiger partial charge on any atom is 0.0551 e. The predicted molar refractivity (Wildman–Crippen MR) is 76.3 cm³/mol. The minimum Gasteiger partial charge on any atom is -0.326 e. The summed E-state index contributed by atoms with van der Waals surface area (Å²) in [7, 11) is 0. The van der Waals surface area contributed by atoms with Crippen molar-refractivity contribution in [2.45, 2.75) is 31.8 Å². The molecule has 1 heterocycles. The Morgan fingerprint density at radius 1 is 1.53 bits per heavy atom. The topological polar surface area (TPSA) is 29.3 Å². The number of nitrogens with zero attached hydrogens (tertiary/aromatic N) is 1. The molecule has 2 rings (SSSR count). The Balaban J connectivity index is 2.26. The lowest BCUT2D eigenvalue weighted by molar-refractivity contribution is 0.248. The van der Waals surface area contributed by atoms with E-state index in [-0.39, 0.29) is 6.04 Å². The zero-order chi connectivity index (χ0) is 12.4. The lowest BCUT2D eigenvalue weighted by Gasteiger charge is -2.27. The summed E-state index contributed by atoms with van der Waals surface area (Å²) >= 11 is 9.58. The average Bonchev–Trinajstić information content (AvgIpc) is 2.65. The first-order valence-corrected chi connectivity index (χ1v) is 7.25. The first kappa shape index (κ1) is 13.3. The Morgan fingerprint density at radius 2 is 2.29 bits per heavy atom. The van der Waals surface area contributed by atoms with E-state index in [1.54, 1.807) is 0 Å². The fourth-order valence-electron chi connectivity index (χ4n) is 2.58. The molecule has 17 heavy (non-hydrogen) atoms. The van der Waals surface area contributed by atoms with Gasteiger partial charge in [0.15, 0.2) is 0 Å². The van der Waals surface area contributed by atoms with Crippen molar-refractivity contribution < 1.29 is 0 Å². The first-order valence-electron chi connectivity index (χ1n) is 6.08. The molecule has 1 saturated heterocycles. The molecule has 94 valence electrons. The Labute approximate surface area is 116 Å². The maximum atomic E-state index is 6.22. The van der Waals surface area contributed by atoms with Gasteiger partial charge in [-0.1, -0.05) is 24.6 Å². The van der Waals surface area contributed by atoms with Crippen LogP contribution in [0.3, 0.4) is 0 Å². The van der Waals surface area contributed by atoms with Gasteiger partial charge in [-0.2, -0.15) is 0 Å². The van der Waals surface area contributed by atoms with Crippen molar-refractivity contribution in [3.63, 3.8) is 0 Å². The second-order valence-electron chi connectivity index (χ2n) is 4.61. The van der Waals surface area contributed by atoms with E-state index < -0.39 is 0 Å². The van der Waals surface area contributed by atoms with Gasteiger partial charge in [0, 0.05) is 23.1 Å². The second-order valence-corrected chi connectivity index (χ2v) is 5.87. The van der Waals surface area contributed by atoms with Crippen molar-refractivity contribution >= 4 is 27.5 Å². The molecule has 1 aliphatic heterocycles. The molecule has 0 saturated carbocycles. The molecular weight excluding hydrogens is 300 g/mol. The smallest absolute Gasteiger partial charge is 0.0551 e. The molecule has 0 aliphatic carbocycles. The highest BCUT2D eigenvalue weighted by atomic mass is 79.9. The summed E-state index contributed by atoms with van der Waals surface area (Å²) in [4.78, 5) is 2.46. The molecule has 1 aliphatic rings. The van der Waals surface area contributed by atoms with Crippen molar-refractivity contribution in [3.8, 4) is 0 Å². The molecule has 2 atom stereocenters. The number of benzene rings is 1. The highest BCUT2D eigenvalue weighted by Crippen LogP contribution is 2.34. The van der Waals surface area contributed by atoms with Gasteiger partial charge < -0.3 is 5.73 Å². The summed E-state index contributed by atoms with van der Waals surface area (Å²) < 4.78 is 0.941. The maximum absolute atomic E-state index is 6.22. The van der Waals surface area contributed by atoms with Crippen LogP contribution in [0, 0.1) is 0 Å². The van der Waals surface area contributed by atoms with E-state index in [0.717, 1.165) is 35.4 Å². The molecule has 2 nitrogen and oxygen atoms in total. The number of halogens is 2. The minimum atomic E-state index is 0.221. The van der Waals surface area contributed by atoms with E-state index in [1.165, 1.54) is 5.56 Å². The molecule has 1 aromatic rings.